The maximum absolute atomic E-state index is 12.2. The molecule has 0 radical (unpaired) electrons. The van der Waals surface area contributed by atoms with Gasteiger partial charge in [0.15, 0.2) is 0 Å². The normalized spacial score (nSPS) is 11.8. The van der Waals surface area contributed by atoms with Gasteiger partial charge in [0.05, 0.1) is 18.7 Å². The van der Waals surface area contributed by atoms with E-state index in [1.54, 1.807) is 31.2 Å². The third-order valence-electron chi connectivity index (χ3n) is 3.99. The minimum atomic E-state index is -0.366. The van der Waals surface area contributed by atoms with Gasteiger partial charge < -0.3 is 15.4 Å². The lowest BCUT2D eigenvalue weighted by Gasteiger charge is -2.22. The van der Waals surface area contributed by atoms with Crippen LogP contribution in [0.4, 0.5) is 5.69 Å². The van der Waals surface area contributed by atoms with E-state index in [1.165, 1.54) is 0 Å². The van der Waals surface area contributed by atoms with Gasteiger partial charge in [-0.25, -0.2) is 4.79 Å². The number of ether oxygens (including phenoxy) is 1. The number of rotatable bonds is 8. The van der Waals surface area contributed by atoms with Gasteiger partial charge in [-0.1, -0.05) is 44.2 Å². The van der Waals surface area contributed by atoms with Crippen LogP contribution in [0.3, 0.4) is 0 Å². The number of amides is 1. The van der Waals surface area contributed by atoms with Crippen LogP contribution in [0.5, 0.6) is 0 Å². The van der Waals surface area contributed by atoms with Crippen LogP contribution >= 0.6 is 0 Å². The Balaban J connectivity index is 1.90. The van der Waals surface area contributed by atoms with E-state index in [2.05, 4.69) is 36.6 Å². The average molecular weight is 354 g/mol. The van der Waals surface area contributed by atoms with Crippen molar-refractivity contribution >= 4 is 17.6 Å². The van der Waals surface area contributed by atoms with Crippen molar-refractivity contribution < 1.29 is 14.3 Å². The van der Waals surface area contributed by atoms with Gasteiger partial charge in [0.2, 0.25) is 5.91 Å². The third kappa shape index (κ3) is 5.70. The van der Waals surface area contributed by atoms with E-state index in [4.69, 9.17) is 4.74 Å². The first-order valence-corrected chi connectivity index (χ1v) is 8.86. The first-order valence-electron chi connectivity index (χ1n) is 8.86. The molecule has 5 nitrogen and oxygen atoms in total. The maximum Gasteiger partial charge on any atom is 0.338 e. The van der Waals surface area contributed by atoms with Gasteiger partial charge >= 0.3 is 5.97 Å². The Labute approximate surface area is 154 Å². The summed E-state index contributed by atoms with van der Waals surface area (Å²) >= 11 is 0. The van der Waals surface area contributed by atoms with Gasteiger partial charge in [0, 0.05) is 11.7 Å². The minimum Gasteiger partial charge on any atom is -0.462 e. The Morgan fingerprint density at radius 1 is 1.00 bits per heavy atom. The quantitative estimate of drug-likeness (QED) is 0.708. The second kappa shape index (κ2) is 9.73. The van der Waals surface area contributed by atoms with Crippen LogP contribution < -0.4 is 10.6 Å². The topological polar surface area (TPSA) is 67.4 Å². The molecule has 0 aliphatic heterocycles. The fourth-order valence-corrected chi connectivity index (χ4v) is 2.71. The summed E-state index contributed by atoms with van der Waals surface area (Å²) in [7, 11) is 0. The van der Waals surface area contributed by atoms with E-state index in [1.807, 2.05) is 18.2 Å². The summed E-state index contributed by atoms with van der Waals surface area (Å²) in [6.45, 7) is 6.55. The zero-order chi connectivity index (χ0) is 18.9. The Hall–Kier alpha value is -2.66. The second-order valence-corrected chi connectivity index (χ2v) is 6.36. The van der Waals surface area contributed by atoms with Crippen LogP contribution in [0.25, 0.3) is 0 Å². The molecule has 0 bridgehead atoms. The zero-order valence-corrected chi connectivity index (χ0v) is 15.5. The van der Waals surface area contributed by atoms with Gasteiger partial charge in [0.25, 0.3) is 0 Å². The molecule has 0 aliphatic rings. The van der Waals surface area contributed by atoms with Crippen molar-refractivity contribution in [3.05, 3.63) is 65.7 Å². The number of esters is 1. The van der Waals surface area contributed by atoms with E-state index in [9.17, 15) is 9.59 Å². The van der Waals surface area contributed by atoms with Crippen LogP contribution in [-0.2, 0) is 9.53 Å². The number of anilines is 1. The molecule has 1 amide bonds. The van der Waals surface area contributed by atoms with Crippen molar-refractivity contribution in [2.24, 2.45) is 5.92 Å². The highest BCUT2D eigenvalue weighted by atomic mass is 16.5. The number of hydrogen-bond donors (Lipinski definition) is 2. The van der Waals surface area contributed by atoms with Crippen LogP contribution in [0.2, 0.25) is 0 Å². The highest BCUT2D eigenvalue weighted by molar-refractivity contribution is 5.94. The lowest BCUT2D eigenvalue weighted by Crippen LogP contribution is -2.33. The lowest BCUT2D eigenvalue weighted by atomic mass is 9.96. The van der Waals surface area contributed by atoms with Gasteiger partial charge in [-0.2, -0.15) is 0 Å². The summed E-state index contributed by atoms with van der Waals surface area (Å²) in [4.78, 5) is 23.9. The molecule has 0 aromatic heterocycles. The van der Waals surface area contributed by atoms with Crippen molar-refractivity contribution in [2.75, 3.05) is 18.5 Å². The summed E-state index contributed by atoms with van der Waals surface area (Å²) in [5, 5.41) is 6.15. The first kappa shape index (κ1) is 19.7. The monoisotopic (exact) mass is 354 g/mol. The molecule has 5 heteroatoms. The lowest BCUT2D eigenvalue weighted by molar-refractivity contribution is -0.115. The number of carbonyl (C=O) groups excluding carboxylic acids is 2. The first-order chi connectivity index (χ1) is 12.5. The second-order valence-electron chi connectivity index (χ2n) is 6.36. The largest absolute Gasteiger partial charge is 0.462 e. The van der Waals surface area contributed by atoms with Crippen molar-refractivity contribution in [1.29, 1.82) is 0 Å². The molecule has 0 fully saturated rings. The minimum absolute atomic E-state index is 0.105. The Morgan fingerprint density at radius 3 is 2.23 bits per heavy atom. The molecule has 0 unspecified atom stereocenters. The molecule has 2 aromatic carbocycles. The Morgan fingerprint density at radius 2 is 1.65 bits per heavy atom. The third-order valence-corrected chi connectivity index (χ3v) is 3.99. The summed E-state index contributed by atoms with van der Waals surface area (Å²) in [5.41, 5.74) is 2.27. The molecule has 26 heavy (non-hydrogen) atoms. The molecule has 138 valence electrons. The summed E-state index contributed by atoms with van der Waals surface area (Å²) in [6.07, 6.45) is 0. The summed E-state index contributed by atoms with van der Waals surface area (Å²) in [6, 6.07) is 16.9. The molecule has 0 spiro atoms. The SMILES string of the molecule is CCOC(=O)c1ccc(NC(=O)CN[C@@H](c2ccccc2)C(C)C)cc1. The van der Waals surface area contributed by atoms with Crippen LogP contribution in [-0.4, -0.2) is 25.0 Å². The molecule has 0 saturated heterocycles. The van der Waals surface area contributed by atoms with E-state index in [0.29, 0.717) is 23.8 Å². The van der Waals surface area contributed by atoms with Crippen LogP contribution in [0.15, 0.2) is 54.6 Å². The van der Waals surface area contributed by atoms with Crippen molar-refractivity contribution in [3.63, 3.8) is 0 Å². The molecule has 0 heterocycles. The van der Waals surface area contributed by atoms with E-state index < -0.39 is 0 Å². The molecular formula is C21H26N2O3. The molecule has 0 saturated carbocycles. The van der Waals surface area contributed by atoms with Gasteiger partial charge in [-0.15, -0.1) is 0 Å². The van der Waals surface area contributed by atoms with Crippen molar-refractivity contribution in [2.45, 2.75) is 26.8 Å². The summed E-state index contributed by atoms with van der Waals surface area (Å²) in [5.74, 6) is -0.140. The Kier molecular flexibility index (Phi) is 7.36. The highest BCUT2D eigenvalue weighted by Crippen LogP contribution is 2.21. The molecule has 2 rings (SSSR count). The number of benzene rings is 2. The van der Waals surface area contributed by atoms with Gasteiger partial charge in [-0.3, -0.25) is 4.79 Å². The van der Waals surface area contributed by atoms with E-state index in [-0.39, 0.29) is 24.5 Å². The predicted octanol–water partition coefficient (Wildman–Crippen LogP) is 3.79. The fourth-order valence-electron chi connectivity index (χ4n) is 2.71. The number of nitrogens with one attached hydrogen (secondary N) is 2. The highest BCUT2D eigenvalue weighted by Gasteiger charge is 2.16. The molecule has 0 aliphatic carbocycles. The summed E-state index contributed by atoms with van der Waals surface area (Å²) < 4.78 is 4.94. The van der Waals surface area contributed by atoms with Gasteiger partial charge in [0.1, 0.15) is 0 Å². The van der Waals surface area contributed by atoms with Gasteiger partial charge in [-0.05, 0) is 42.7 Å². The predicted molar refractivity (Wildman–Crippen MR) is 103 cm³/mol. The van der Waals surface area contributed by atoms with E-state index >= 15 is 0 Å². The molecule has 2 N–H and O–H groups in total. The van der Waals surface area contributed by atoms with Crippen molar-refractivity contribution in [3.8, 4) is 0 Å². The molecule has 2 aromatic rings. The van der Waals surface area contributed by atoms with Crippen molar-refractivity contribution in [1.82, 2.24) is 5.32 Å². The zero-order valence-electron chi connectivity index (χ0n) is 15.5. The fraction of sp³-hybridized carbons (Fsp3) is 0.333. The number of hydrogen-bond acceptors (Lipinski definition) is 4. The molecule has 1 atom stereocenters. The smallest absolute Gasteiger partial charge is 0.338 e. The maximum atomic E-state index is 12.2. The number of carbonyl (C=O) groups is 2. The van der Waals surface area contributed by atoms with Crippen LogP contribution in [0, 0.1) is 5.92 Å². The van der Waals surface area contributed by atoms with Crippen LogP contribution in [0.1, 0.15) is 42.7 Å². The van der Waals surface area contributed by atoms with E-state index in [0.717, 1.165) is 5.56 Å². The Bertz CT molecular complexity index is 712. The standard InChI is InChI=1S/C21H26N2O3/c1-4-26-21(25)17-10-12-18(13-11-17)23-19(24)14-22-20(15(2)3)16-8-6-5-7-9-16/h5-13,15,20,22H,4,14H2,1-3H3,(H,23,24)/t20-/m1/s1. The molecular weight excluding hydrogens is 328 g/mol. The average Bonchev–Trinajstić information content (AvgIpc) is 2.63.